The summed E-state index contributed by atoms with van der Waals surface area (Å²) in [5, 5.41) is 3.30. The van der Waals surface area contributed by atoms with Crippen molar-refractivity contribution in [3.8, 4) is 17.2 Å². The molecule has 0 amide bonds. The molecule has 0 aliphatic rings. The number of benzene rings is 2. The van der Waals surface area contributed by atoms with Gasteiger partial charge in [-0.2, -0.15) is 0 Å². The second-order valence-corrected chi connectivity index (χ2v) is 5.23. The van der Waals surface area contributed by atoms with Gasteiger partial charge in [-0.05, 0) is 42.8 Å². The zero-order chi connectivity index (χ0) is 16.5. The smallest absolute Gasteiger partial charge is 0.161 e. The Kier molecular flexibility index (Phi) is 6.76. The lowest BCUT2D eigenvalue weighted by Gasteiger charge is -2.13. The highest BCUT2D eigenvalue weighted by Crippen LogP contribution is 2.28. The maximum Gasteiger partial charge on any atom is 0.161 e. The van der Waals surface area contributed by atoms with Crippen LogP contribution in [0.2, 0.25) is 0 Å². The van der Waals surface area contributed by atoms with Crippen molar-refractivity contribution in [2.75, 3.05) is 26.9 Å². The van der Waals surface area contributed by atoms with Crippen LogP contribution in [0.5, 0.6) is 17.2 Å². The van der Waals surface area contributed by atoms with Gasteiger partial charge in [-0.25, -0.2) is 0 Å². The Bertz CT molecular complexity index is 613. The summed E-state index contributed by atoms with van der Waals surface area (Å²) < 4.78 is 16.9. The van der Waals surface area contributed by atoms with Gasteiger partial charge in [0.25, 0.3) is 0 Å². The van der Waals surface area contributed by atoms with Crippen molar-refractivity contribution >= 4 is 0 Å². The lowest BCUT2D eigenvalue weighted by molar-refractivity contribution is 0.210. The normalized spacial score (nSPS) is 10.4. The number of para-hydroxylation sites is 1. The van der Waals surface area contributed by atoms with Gasteiger partial charge in [0.2, 0.25) is 0 Å². The molecule has 0 heterocycles. The van der Waals surface area contributed by atoms with Gasteiger partial charge in [0.15, 0.2) is 11.5 Å². The summed E-state index contributed by atoms with van der Waals surface area (Å²) >= 11 is 0. The predicted molar refractivity (Wildman–Crippen MR) is 92.5 cm³/mol. The molecule has 0 aromatic heterocycles. The summed E-state index contributed by atoms with van der Waals surface area (Å²) in [7, 11) is 1.65. The topological polar surface area (TPSA) is 39.7 Å². The van der Waals surface area contributed by atoms with E-state index in [2.05, 4.69) is 12.2 Å². The van der Waals surface area contributed by atoms with Crippen LogP contribution in [0.4, 0.5) is 0 Å². The number of nitrogens with one attached hydrogen (secondary N) is 1. The van der Waals surface area contributed by atoms with Gasteiger partial charge in [-0.15, -0.1) is 0 Å². The van der Waals surface area contributed by atoms with Crippen molar-refractivity contribution in [2.45, 2.75) is 20.4 Å². The van der Waals surface area contributed by atoms with Crippen molar-refractivity contribution in [3.63, 3.8) is 0 Å². The first-order chi connectivity index (χ1) is 11.2. The van der Waals surface area contributed by atoms with Crippen LogP contribution in [-0.4, -0.2) is 26.9 Å². The molecule has 0 saturated carbocycles. The summed E-state index contributed by atoms with van der Waals surface area (Å²) in [6, 6.07) is 13.9. The van der Waals surface area contributed by atoms with E-state index >= 15 is 0 Å². The minimum absolute atomic E-state index is 0.468. The zero-order valence-electron chi connectivity index (χ0n) is 14.1. The van der Waals surface area contributed by atoms with E-state index in [1.54, 1.807) is 7.11 Å². The maximum absolute atomic E-state index is 5.83. The number of hydrogen-bond acceptors (Lipinski definition) is 4. The molecule has 0 bridgehead atoms. The fourth-order valence-corrected chi connectivity index (χ4v) is 2.23. The molecular formula is C19H25NO3. The Morgan fingerprint density at radius 1 is 0.913 bits per heavy atom. The molecule has 0 aliphatic carbocycles. The molecule has 1 N–H and O–H groups in total. The summed E-state index contributed by atoms with van der Waals surface area (Å²) in [6.45, 7) is 6.83. The molecule has 0 atom stereocenters. The average Bonchev–Trinajstić information content (AvgIpc) is 2.58. The second kappa shape index (κ2) is 9.06. The lowest BCUT2D eigenvalue weighted by Crippen LogP contribution is -2.13. The Hall–Kier alpha value is -2.20. The fourth-order valence-electron chi connectivity index (χ4n) is 2.23. The molecule has 23 heavy (non-hydrogen) atoms. The van der Waals surface area contributed by atoms with Gasteiger partial charge < -0.3 is 19.5 Å². The van der Waals surface area contributed by atoms with Crippen LogP contribution >= 0.6 is 0 Å². The first-order valence-corrected chi connectivity index (χ1v) is 7.93. The zero-order valence-corrected chi connectivity index (χ0v) is 14.1. The van der Waals surface area contributed by atoms with Crippen molar-refractivity contribution < 1.29 is 14.2 Å². The first kappa shape index (κ1) is 17.2. The predicted octanol–water partition coefficient (Wildman–Crippen LogP) is 3.57. The van der Waals surface area contributed by atoms with Crippen LogP contribution in [0.25, 0.3) is 0 Å². The van der Waals surface area contributed by atoms with E-state index in [4.69, 9.17) is 14.2 Å². The van der Waals surface area contributed by atoms with Gasteiger partial charge in [0.05, 0.1) is 7.11 Å². The highest BCUT2D eigenvalue weighted by atomic mass is 16.5. The maximum atomic E-state index is 5.83. The Labute approximate surface area is 138 Å². The van der Waals surface area contributed by atoms with Crippen LogP contribution in [0.3, 0.4) is 0 Å². The third-order valence-electron chi connectivity index (χ3n) is 3.50. The van der Waals surface area contributed by atoms with Crippen molar-refractivity contribution in [1.82, 2.24) is 5.32 Å². The molecule has 0 fully saturated rings. The molecular weight excluding hydrogens is 290 g/mol. The molecule has 2 aromatic rings. The van der Waals surface area contributed by atoms with E-state index in [9.17, 15) is 0 Å². The molecule has 0 spiro atoms. The largest absolute Gasteiger partial charge is 0.493 e. The summed E-state index contributed by atoms with van der Waals surface area (Å²) in [4.78, 5) is 0. The Balaban J connectivity index is 1.89. The van der Waals surface area contributed by atoms with Crippen molar-refractivity contribution in [2.24, 2.45) is 0 Å². The highest BCUT2D eigenvalue weighted by Gasteiger charge is 2.06. The molecule has 0 unspecified atom stereocenters. The molecule has 4 heteroatoms. The van der Waals surface area contributed by atoms with E-state index in [0.717, 1.165) is 35.9 Å². The number of methoxy groups -OCH3 is 1. The highest BCUT2D eigenvalue weighted by molar-refractivity contribution is 5.43. The van der Waals surface area contributed by atoms with E-state index in [1.807, 2.05) is 49.4 Å². The summed E-state index contributed by atoms with van der Waals surface area (Å²) in [6.07, 6.45) is 0. The second-order valence-electron chi connectivity index (χ2n) is 5.23. The number of hydrogen-bond donors (Lipinski definition) is 1. The molecule has 2 rings (SSSR count). The van der Waals surface area contributed by atoms with Gasteiger partial charge in [0.1, 0.15) is 19.0 Å². The minimum Gasteiger partial charge on any atom is -0.493 e. The van der Waals surface area contributed by atoms with Gasteiger partial charge in [-0.3, -0.25) is 0 Å². The van der Waals surface area contributed by atoms with Crippen LogP contribution in [-0.2, 0) is 6.54 Å². The third-order valence-corrected chi connectivity index (χ3v) is 3.50. The number of aryl methyl sites for hydroxylation is 1. The van der Waals surface area contributed by atoms with Crippen LogP contribution in [0.15, 0.2) is 42.5 Å². The van der Waals surface area contributed by atoms with E-state index in [-0.39, 0.29) is 0 Å². The van der Waals surface area contributed by atoms with E-state index in [0.29, 0.717) is 13.2 Å². The molecule has 0 radical (unpaired) electrons. The molecule has 0 aliphatic heterocycles. The van der Waals surface area contributed by atoms with E-state index < -0.39 is 0 Å². The van der Waals surface area contributed by atoms with Crippen LogP contribution in [0, 0.1) is 6.92 Å². The number of ether oxygens (including phenoxy) is 3. The molecule has 2 aromatic carbocycles. The van der Waals surface area contributed by atoms with Crippen LogP contribution < -0.4 is 19.5 Å². The SMILES string of the molecule is CCNCc1ccc(OC)c(OCCOc2ccccc2C)c1. The number of rotatable bonds is 9. The van der Waals surface area contributed by atoms with Gasteiger partial charge in [-0.1, -0.05) is 31.2 Å². The van der Waals surface area contributed by atoms with Crippen LogP contribution in [0.1, 0.15) is 18.1 Å². The average molecular weight is 315 g/mol. The quantitative estimate of drug-likeness (QED) is 0.718. The summed E-state index contributed by atoms with van der Waals surface area (Å²) in [5.41, 5.74) is 2.29. The molecule has 124 valence electrons. The van der Waals surface area contributed by atoms with Crippen molar-refractivity contribution in [3.05, 3.63) is 53.6 Å². The molecule has 4 nitrogen and oxygen atoms in total. The van der Waals surface area contributed by atoms with Gasteiger partial charge >= 0.3 is 0 Å². The minimum atomic E-state index is 0.468. The third kappa shape index (κ3) is 5.18. The monoisotopic (exact) mass is 315 g/mol. The lowest BCUT2D eigenvalue weighted by atomic mass is 10.2. The Morgan fingerprint density at radius 3 is 2.35 bits per heavy atom. The standard InChI is InChI=1S/C19H25NO3/c1-4-20-14-16-9-10-18(21-3)19(13-16)23-12-11-22-17-8-6-5-7-15(17)2/h5-10,13,20H,4,11-12,14H2,1-3H3. The Morgan fingerprint density at radius 2 is 1.65 bits per heavy atom. The first-order valence-electron chi connectivity index (χ1n) is 7.93. The molecule has 0 saturated heterocycles. The fraction of sp³-hybridized carbons (Fsp3) is 0.368. The van der Waals surface area contributed by atoms with Crippen molar-refractivity contribution in [1.29, 1.82) is 0 Å². The summed E-state index contributed by atoms with van der Waals surface area (Å²) in [5.74, 6) is 2.38. The van der Waals surface area contributed by atoms with E-state index in [1.165, 1.54) is 5.56 Å². The van der Waals surface area contributed by atoms with Gasteiger partial charge in [0, 0.05) is 6.54 Å².